The predicted molar refractivity (Wildman–Crippen MR) is 92.6 cm³/mol. The molecule has 0 unspecified atom stereocenters. The van der Waals surface area contributed by atoms with Gasteiger partial charge in [0.15, 0.2) is 5.13 Å². The Labute approximate surface area is 133 Å². The normalized spacial score (nSPS) is 12.2. The predicted octanol–water partition coefficient (Wildman–Crippen LogP) is 3.41. The quantitative estimate of drug-likeness (QED) is 0.798. The average Bonchev–Trinajstić information content (AvgIpc) is 2.80. The Morgan fingerprint density at radius 3 is 2.48 bits per heavy atom. The van der Waals surface area contributed by atoms with E-state index in [-0.39, 0.29) is 5.41 Å². The van der Waals surface area contributed by atoms with Crippen LogP contribution >= 0.6 is 11.3 Å². The van der Waals surface area contributed by atoms with Crippen LogP contribution in [0.2, 0.25) is 0 Å². The summed E-state index contributed by atoms with van der Waals surface area (Å²) in [5.41, 5.74) is 1.29. The molecule has 122 valence electrons. The van der Waals surface area contributed by atoms with Crippen molar-refractivity contribution in [1.29, 1.82) is 0 Å². The Balaban J connectivity index is 3.08. The van der Waals surface area contributed by atoms with E-state index in [0.29, 0.717) is 6.04 Å². The molecule has 0 amide bonds. The van der Waals surface area contributed by atoms with Crippen molar-refractivity contribution in [2.45, 2.75) is 59.5 Å². The fourth-order valence-electron chi connectivity index (χ4n) is 2.17. The minimum Gasteiger partial charge on any atom is -0.383 e. The zero-order valence-corrected chi connectivity index (χ0v) is 15.4. The van der Waals surface area contributed by atoms with E-state index in [2.05, 4.69) is 51.8 Å². The maximum atomic E-state index is 5.24. The molecule has 0 spiro atoms. The van der Waals surface area contributed by atoms with Gasteiger partial charge in [0.05, 0.1) is 12.3 Å². The van der Waals surface area contributed by atoms with Gasteiger partial charge in [-0.05, 0) is 20.4 Å². The zero-order valence-electron chi connectivity index (χ0n) is 14.6. The minimum atomic E-state index is 0.0728. The maximum absolute atomic E-state index is 5.24. The van der Waals surface area contributed by atoms with Crippen LogP contribution in [0.15, 0.2) is 0 Å². The molecule has 0 aliphatic rings. The third-order valence-electron chi connectivity index (χ3n) is 3.34. The summed E-state index contributed by atoms with van der Waals surface area (Å²) in [5.74, 6) is 0. The molecule has 0 aromatic carbocycles. The van der Waals surface area contributed by atoms with Gasteiger partial charge in [0, 0.05) is 36.5 Å². The van der Waals surface area contributed by atoms with Gasteiger partial charge in [-0.2, -0.15) is 0 Å². The average molecular weight is 314 g/mol. The first kappa shape index (κ1) is 18.4. The van der Waals surface area contributed by atoms with Gasteiger partial charge in [0.1, 0.15) is 0 Å². The van der Waals surface area contributed by atoms with Crippen LogP contribution in [0.1, 0.15) is 52.1 Å². The van der Waals surface area contributed by atoms with Crippen molar-refractivity contribution in [3.63, 3.8) is 0 Å². The summed E-state index contributed by atoms with van der Waals surface area (Å²) >= 11 is 1.81. The number of rotatable bonds is 8. The van der Waals surface area contributed by atoms with Gasteiger partial charge in [0.2, 0.25) is 0 Å². The summed E-state index contributed by atoms with van der Waals surface area (Å²) in [6.07, 6.45) is 0. The van der Waals surface area contributed by atoms with Crippen LogP contribution in [0.4, 0.5) is 5.13 Å². The molecule has 1 aromatic heterocycles. The van der Waals surface area contributed by atoms with Gasteiger partial charge < -0.3 is 15.0 Å². The lowest BCUT2D eigenvalue weighted by Gasteiger charge is -2.26. The van der Waals surface area contributed by atoms with Crippen LogP contribution in [0, 0.1) is 0 Å². The van der Waals surface area contributed by atoms with Gasteiger partial charge >= 0.3 is 0 Å². The Bertz CT molecular complexity index is 424. The second kappa shape index (κ2) is 8.11. The molecule has 0 aliphatic carbocycles. The Hall–Kier alpha value is -0.650. The number of hydrogen-bond donors (Lipinski definition) is 1. The third-order valence-corrected chi connectivity index (χ3v) is 4.43. The molecule has 0 fully saturated rings. The molecule has 5 heteroatoms. The fraction of sp³-hybridized carbons (Fsp3) is 0.812. The number of thiazole rings is 1. The molecule has 21 heavy (non-hydrogen) atoms. The lowest BCUT2D eigenvalue weighted by Crippen LogP contribution is -2.33. The summed E-state index contributed by atoms with van der Waals surface area (Å²) in [5, 5.41) is 4.54. The SMILES string of the molecule is CCNCc1sc(N(CCOC)C(C)C)nc1C(C)(C)C. The van der Waals surface area contributed by atoms with Crippen molar-refractivity contribution in [2.75, 3.05) is 31.7 Å². The highest BCUT2D eigenvalue weighted by Gasteiger charge is 2.25. The lowest BCUT2D eigenvalue weighted by molar-refractivity contribution is 0.204. The van der Waals surface area contributed by atoms with Crippen LogP contribution < -0.4 is 10.2 Å². The van der Waals surface area contributed by atoms with E-state index < -0.39 is 0 Å². The van der Waals surface area contributed by atoms with Gasteiger partial charge in [-0.1, -0.05) is 27.7 Å². The Morgan fingerprint density at radius 2 is 2.00 bits per heavy atom. The molecular formula is C16H31N3OS. The first-order chi connectivity index (χ1) is 9.81. The number of nitrogens with zero attached hydrogens (tertiary/aromatic N) is 2. The number of hydrogen-bond acceptors (Lipinski definition) is 5. The molecule has 1 rings (SSSR count). The number of ether oxygens (including phenoxy) is 1. The van der Waals surface area contributed by atoms with Crippen molar-refractivity contribution >= 4 is 16.5 Å². The second-order valence-electron chi connectivity index (χ2n) is 6.58. The molecule has 1 N–H and O–H groups in total. The van der Waals surface area contributed by atoms with E-state index in [9.17, 15) is 0 Å². The third kappa shape index (κ3) is 5.24. The monoisotopic (exact) mass is 313 g/mol. The number of methoxy groups -OCH3 is 1. The molecular weight excluding hydrogens is 282 g/mol. The highest BCUT2D eigenvalue weighted by molar-refractivity contribution is 7.15. The van der Waals surface area contributed by atoms with Crippen molar-refractivity contribution in [3.05, 3.63) is 10.6 Å². The van der Waals surface area contributed by atoms with Crippen molar-refractivity contribution in [3.8, 4) is 0 Å². The van der Waals surface area contributed by atoms with E-state index in [4.69, 9.17) is 9.72 Å². The van der Waals surface area contributed by atoms with E-state index in [1.807, 2.05) is 11.3 Å². The standard InChI is InChI=1S/C16H31N3OS/c1-8-17-11-13-14(16(4,5)6)18-15(21-13)19(12(2)3)9-10-20-7/h12,17H,8-11H2,1-7H3. The van der Waals surface area contributed by atoms with Crippen molar-refractivity contribution in [1.82, 2.24) is 10.3 Å². The van der Waals surface area contributed by atoms with Crippen molar-refractivity contribution in [2.24, 2.45) is 0 Å². The zero-order chi connectivity index (χ0) is 16.0. The molecule has 0 bridgehead atoms. The lowest BCUT2D eigenvalue weighted by atomic mass is 9.91. The van der Waals surface area contributed by atoms with Gasteiger partial charge in [-0.3, -0.25) is 0 Å². The van der Waals surface area contributed by atoms with E-state index >= 15 is 0 Å². The summed E-state index contributed by atoms with van der Waals surface area (Å²) < 4.78 is 5.24. The molecule has 0 radical (unpaired) electrons. The fourth-order valence-corrected chi connectivity index (χ4v) is 3.57. The van der Waals surface area contributed by atoms with Crippen LogP contribution in [-0.4, -0.2) is 37.8 Å². The number of nitrogens with one attached hydrogen (secondary N) is 1. The molecule has 1 heterocycles. The number of anilines is 1. The molecule has 0 saturated carbocycles. The summed E-state index contributed by atoms with van der Waals surface area (Å²) in [6.45, 7) is 16.7. The van der Waals surface area contributed by atoms with Crippen molar-refractivity contribution < 1.29 is 4.74 Å². The Morgan fingerprint density at radius 1 is 1.33 bits per heavy atom. The van der Waals surface area contributed by atoms with Crippen LogP contribution in [0.25, 0.3) is 0 Å². The Kier molecular flexibility index (Phi) is 7.10. The smallest absolute Gasteiger partial charge is 0.186 e. The number of aromatic nitrogens is 1. The molecule has 1 aromatic rings. The molecule has 0 saturated heterocycles. The minimum absolute atomic E-state index is 0.0728. The highest BCUT2D eigenvalue weighted by Crippen LogP contribution is 2.34. The van der Waals surface area contributed by atoms with Crippen LogP contribution in [-0.2, 0) is 16.7 Å². The first-order valence-corrected chi connectivity index (χ1v) is 8.59. The van der Waals surface area contributed by atoms with Gasteiger partial charge in [-0.25, -0.2) is 4.98 Å². The van der Waals surface area contributed by atoms with Crippen LogP contribution in [0.5, 0.6) is 0 Å². The highest BCUT2D eigenvalue weighted by atomic mass is 32.1. The summed E-state index contributed by atoms with van der Waals surface area (Å²) in [4.78, 5) is 8.64. The van der Waals surface area contributed by atoms with E-state index in [1.54, 1.807) is 7.11 Å². The second-order valence-corrected chi connectivity index (χ2v) is 7.64. The van der Waals surface area contributed by atoms with Gasteiger partial charge in [-0.15, -0.1) is 11.3 Å². The van der Waals surface area contributed by atoms with Crippen LogP contribution in [0.3, 0.4) is 0 Å². The summed E-state index contributed by atoms with van der Waals surface area (Å²) in [7, 11) is 1.75. The maximum Gasteiger partial charge on any atom is 0.186 e. The molecule has 0 atom stereocenters. The molecule has 4 nitrogen and oxygen atoms in total. The van der Waals surface area contributed by atoms with E-state index in [0.717, 1.165) is 31.4 Å². The summed E-state index contributed by atoms with van der Waals surface area (Å²) in [6, 6.07) is 0.422. The van der Waals surface area contributed by atoms with E-state index in [1.165, 1.54) is 10.6 Å². The largest absolute Gasteiger partial charge is 0.383 e. The van der Waals surface area contributed by atoms with Gasteiger partial charge in [0.25, 0.3) is 0 Å². The molecule has 0 aliphatic heterocycles. The topological polar surface area (TPSA) is 37.4 Å². The first-order valence-electron chi connectivity index (χ1n) is 7.77.